The Bertz CT molecular complexity index is 705. The van der Waals surface area contributed by atoms with Crippen LogP contribution < -0.4 is 5.73 Å². The number of hydrogen-bond acceptors (Lipinski definition) is 7. The highest BCUT2D eigenvalue weighted by atomic mass is 32.1. The van der Waals surface area contributed by atoms with Crippen molar-refractivity contribution < 1.29 is 0 Å². The van der Waals surface area contributed by atoms with E-state index in [-0.39, 0.29) is 0 Å². The average Bonchev–Trinajstić information content (AvgIpc) is 3.07. The lowest BCUT2D eigenvalue weighted by atomic mass is 10.2. The van der Waals surface area contributed by atoms with Crippen molar-refractivity contribution in [2.24, 2.45) is 0 Å². The highest BCUT2D eigenvalue weighted by Crippen LogP contribution is 2.37. The molecule has 0 spiro atoms. The number of nitrogen functional groups attached to an aromatic ring is 1. The van der Waals surface area contributed by atoms with E-state index in [1.54, 1.807) is 23.7 Å². The van der Waals surface area contributed by atoms with Crippen molar-refractivity contribution in [2.75, 3.05) is 5.73 Å². The number of rotatable bonds is 4. The van der Waals surface area contributed by atoms with Crippen LogP contribution in [0.5, 0.6) is 0 Å². The summed E-state index contributed by atoms with van der Waals surface area (Å²) in [7, 11) is 0. The molecule has 0 saturated heterocycles. The van der Waals surface area contributed by atoms with Crippen LogP contribution in [0, 0.1) is 0 Å². The Morgan fingerprint density at radius 3 is 2.55 bits per heavy atom. The lowest BCUT2D eigenvalue weighted by Gasteiger charge is -1.94. The fourth-order valence-corrected chi connectivity index (χ4v) is 3.69. The van der Waals surface area contributed by atoms with Gasteiger partial charge in [0, 0.05) is 18.0 Å². The molecular formula is C13H13N5S2. The first kappa shape index (κ1) is 13.1. The van der Waals surface area contributed by atoms with E-state index in [1.165, 1.54) is 11.3 Å². The van der Waals surface area contributed by atoms with Crippen LogP contribution in [0.4, 0.5) is 5.13 Å². The van der Waals surface area contributed by atoms with E-state index < -0.39 is 0 Å². The average molecular weight is 303 g/mol. The first-order chi connectivity index (χ1) is 9.78. The summed E-state index contributed by atoms with van der Waals surface area (Å²) >= 11 is 3.04. The Balaban J connectivity index is 2.07. The summed E-state index contributed by atoms with van der Waals surface area (Å²) in [4.78, 5) is 9.86. The van der Waals surface area contributed by atoms with Gasteiger partial charge in [-0.05, 0) is 18.6 Å². The van der Waals surface area contributed by atoms with E-state index in [9.17, 15) is 0 Å². The molecule has 0 atom stereocenters. The van der Waals surface area contributed by atoms with Gasteiger partial charge >= 0.3 is 0 Å². The molecule has 3 aromatic rings. The van der Waals surface area contributed by atoms with E-state index in [1.807, 2.05) is 12.1 Å². The summed E-state index contributed by atoms with van der Waals surface area (Å²) in [5, 5.41) is 10.4. The molecule has 0 unspecified atom stereocenters. The van der Waals surface area contributed by atoms with Crippen LogP contribution in [0.15, 0.2) is 24.5 Å². The summed E-state index contributed by atoms with van der Waals surface area (Å²) in [6.07, 6.45) is 5.52. The van der Waals surface area contributed by atoms with E-state index in [0.717, 1.165) is 39.0 Å². The third kappa shape index (κ3) is 2.54. The van der Waals surface area contributed by atoms with Crippen molar-refractivity contribution in [2.45, 2.75) is 19.8 Å². The number of aromatic nitrogens is 4. The Morgan fingerprint density at radius 1 is 1.10 bits per heavy atom. The standard InChI is InChI=1S/C13H13N5S2/c1-2-3-9-10(12-17-18-13(14)20-12)19-11(16-9)8-4-6-15-7-5-8/h4-7H,2-3H2,1H3,(H2,14,18). The molecule has 5 nitrogen and oxygen atoms in total. The molecule has 0 amide bonds. The predicted octanol–water partition coefficient (Wildman–Crippen LogP) is 3.26. The Labute approximate surface area is 124 Å². The van der Waals surface area contributed by atoms with Gasteiger partial charge in [0.05, 0.1) is 10.6 Å². The largest absolute Gasteiger partial charge is 0.374 e. The molecule has 0 aliphatic heterocycles. The van der Waals surface area contributed by atoms with Gasteiger partial charge in [0.1, 0.15) is 5.01 Å². The van der Waals surface area contributed by atoms with Gasteiger partial charge in [0.15, 0.2) is 5.01 Å². The van der Waals surface area contributed by atoms with Crippen molar-refractivity contribution in [1.29, 1.82) is 0 Å². The number of pyridine rings is 1. The quantitative estimate of drug-likeness (QED) is 0.800. The van der Waals surface area contributed by atoms with Crippen LogP contribution in [-0.2, 0) is 6.42 Å². The van der Waals surface area contributed by atoms with Gasteiger partial charge in [-0.25, -0.2) is 4.98 Å². The van der Waals surface area contributed by atoms with Crippen LogP contribution in [0.1, 0.15) is 19.0 Å². The minimum absolute atomic E-state index is 0.487. The second-order valence-corrected chi connectivity index (χ2v) is 6.23. The Morgan fingerprint density at radius 2 is 1.90 bits per heavy atom. The molecule has 3 aromatic heterocycles. The summed E-state index contributed by atoms with van der Waals surface area (Å²) in [5.41, 5.74) is 7.82. The third-order valence-electron chi connectivity index (χ3n) is 2.75. The van der Waals surface area contributed by atoms with Gasteiger partial charge in [0.25, 0.3) is 0 Å². The molecule has 2 N–H and O–H groups in total. The molecule has 0 aliphatic rings. The second-order valence-electron chi connectivity index (χ2n) is 4.23. The van der Waals surface area contributed by atoms with Crippen molar-refractivity contribution in [1.82, 2.24) is 20.2 Å². The van der Waals surface area contributed by atoms with E-state index in [2.05, 4.69) is 22.1 Å². The fourth-order valence-electron chi connectivity index (χ4n) is 1.87. The zero-order chi connectivity index (χ0) is 13.9. The minimum atomic E-state index is 0.487. The zero-order valence-corrected chi connectivity index (χ0v) is 12.5. The topological polar surface area (TPSA) is 77.6 Å². The molecule has 7 heteroatoms. The molecule has 0 radical (unpaired) electrons. The molecule has 0 saturated carbocycles. The predicted molar refractivity (Wildman–Crippen MR) is 82.7 cm³/mol. The lowest BCUT2D eigenvalue weighted by Crippen LogP contribution is -1.87. The molecule has 0 fully saturated rings. The number of thiazole rings is 1. The molecule has 102 valence electrons. The van der Waals surface area contributed by atoms with Crippen molar-refractivity contribution >= 4 is 27.8 Å². The summed E-state index contributed by atoms with van der Waals surface area (Å²) in [5.74, 6) is 0. The number of hydrogen-bond donors (Lipinski definition) is 1. The first-order valence-electron chi connectivity index (χ1n) is 6.27. The number of anilines is 1. The van der Waals surface area contributed by atoms with Crippen molar-refractivity contribution in [3.8, 4) is 20.5 Å². The normalized spacial score (nSPS) is 10.8. The van der Waals surface area contributed by atoms with Gasteiger partial charge in [-0.1, -0.05) is 24.7 Å². The van der Waals surface area contributed by atoms with E-state index >= 15 is 0 Å². The van der Waals surface area contributed by atoms with E-state index in [4.69, 9.17) is 10.7 Å². The maximum absolute atomic E-state index is 5.68. The number of nitrogens with zero attached hydrogens (tertiary/aromatic N) is 4. The Hall–Kier alpha value is -1.86. The molecule has 0 aromatic carbocycles. The lowest BCUT2D eigenvalue weighted by molar-refractivity contribution is 0.894. The number of aryl methyl sites for hydroxylation is 1. The SMILES string of the molecule is CCCc1nc(-c2ccncc2)sc1-c1nnc(N)s1. The molecule has 0 bridgehead atoms. The maximum atomic E-state index is 5.68. The highest BCUT2D eigenvalue weighted by molar-refractivity contribution is 7.24. The summed E-state index contributed by atoms with van der Waals surface area (Å²) in [6.45, 7) is 2.14. The highest BCUT2D eigenvalue weighted by Gasteiger charge is 2.17. The molecule has 3 heterocycles. The fraction of sp³-hybridized carbons (Fsp3) is 0.231. The number of nitrogens with two attached hydrogens (primary N) is 1. The minimum Gasteiger partial charge on any atom is -0.374 e. The van der Waals surface area contributed by atoms with Crippen molar-refractivity contribution in [3.05, 3.63) is 30.2 Å². The van der Waals surface area contributed by atoms with Crippen LogP contribution in [0.2, 0.25) is 0 Å². The summed E-state index contributed by atoms with van der Waals surface area (Å²) in [6, 6.07) is 3.93. The third-order valence-corrected chi connectivity index (χ3v) is 4.80. The van der Waals surface area contributed by atoms with Crippen LogP contribution in [0.3, 0.4) is 0 Å². The first-order valence-corrected chi connectivity index (χ1v) is 7.90. The molecule has 0 aliphatic carbocycles. The van der Waals surface area contributed by atoms with Gasteiger partial charge in [-0.3, -0.25) is 4.98 Å². The van der Waals surface area contributed by atoms with Gasteiger partial charge in [-0.15, -0.1) is 21.5 Å². The molecular weight excluding hydrogens is 290 g/mol. The monoisotopic (exact) mass is 303 g/mol. The van der Waals surface area contributed by atoms with Gasteiger partial charge in [0.2, 0.25) is 5.13 Å². The molecule has 20 heavy (non-hydrogen) atoms. The van der Waals surface area contributed by atoms with Gasteiger partial charge in [-0.2, -0.15) is 0 Å². The second kappa shape index (κ2) is 5.64. The Kier molecular flexibility index (Phi) is 3.70. The van der Waals surface area contributed by atoms with Crippen molar-refractivity contribution in [3.63, 3.8) is 0 Å². The van der Waals surface area contributed by atoms with Gasteiger partial charge < -0.3 is 5.73 Å². The maximum Gasteiger partial charge on any atom is 0.203 e. The van der Waals surface area contributed by atoms with Crippen LogP contribution in [-0.4, -0.2) is 20.2 Å². The van der Waals surface area contributed by atoms with Crippen LogP contribution in [0.25, 0.3) is 20.5 Å². The summed E-state index contributed by atoms with van der Waals surface area (Å²) < 4.78 is 0. The zero-order valence-electron chi connectivity index (χ0n) is 10.9. The molecule has 3 rings (SSSR count). The smallest absolute Gasteiger partial charge is 0.203 e. The van der Waals surface area contributed by atoms with E-state index in [0.29, 0.717) is 5.13 Å². The van der Waals surface area contributed by atoms with Crippen LogP contribution >= 0.6 is 22.7 Å².